The highest BCUT2D eigenvalue weighted by Gasteiger charge is 2.27. The van der Waals surface area contributed by atoms with Crippen LogP contribution >= 0.6 is 11.3 Å². The molecule has 1 unspecified atom stereocenters. The highest BCUT2D eigenvalue weighted by atomic mass is 32.1. The van der Waals surface area contributed by atoms with Crippen molar-refractivity contribution >= 4 is 23.5 Å². The largest absolute Gasteiger partial charge is 0.507 e. The Bertz CT molecular complexity index is 599. The molecule has 1 amide bonds. The Morgan fingerprint density at radius 3 is 3.25 bits per heavy atom. The summed E-state index contributed by atoms with van der Waals surface area (Å²) in [6, 6.07) is 3.94. The van der Waals surface area contributed by atoms with Crippen LogP contribution in [0.5, 0.6) is 0 Å². The molecule has 1 atom stereocenters. The molecule has 5 heteroatoms. The van der Waals surface area contributed by atoms with Crippen LogP contribution in [0.2, 0.25) is 0 Å². The van der Waals surface area contributed by atoms with E-state index in [1.54, 1.807) is 11.3 Å². The Kier molecular flexibility index (Phi) is 3.69. The second-order valence-electron chi connectivity index (χ2n) is 4.91. The summed E-state index contributed by atoms with van der Waals surface area (Å²) >= 11 is 1.59. The summed E-state index contributed by atoms with van der Waals surface area (Å²) in [7, 11) is 0. The summed E-state index contributed by atoms with van der Waals surface area (Å²) in [5.74, 6) is -0.182. The number of aliphatic imine (C=N–C) groups is 1. The summed E-state index contributed by atoms with van der Waals surface area (Å²) in [5.41, 5.74) is 1.07. The zero-order valence-electron chi connectivity index (χ0n) is 11.0. The zero-order valence-corrected chi connectivity index (χ0v) is 11.8. The van der Waals surface area contributed by atoms with Gasteiger partial charge in [0.1, 0.15) is 5.76 Å². The number of hydrogen-bond acceptors (Lipinski definition) is 4. The molecule has 1 aromatic rings. The van der Waals surface area contributed by atoms with Crippen LogP contribution in [0.25, 0.3) is 0 Å². The Hall–Kier alpha value is -1.88. The molecular formula is C15H16N2O2S. The molecule has 0 radical (unpaired) electrons. The van der Waals surface area contributed by atoms with Crippen LogP contribution in [0.4, 0.5) is 0 Å². The normalized spacial score (nSPS) is 21.4. The van der Waals surface area contributed by atoms with E-state index >= 15 is 0 Å². The van der Waals surface area contributed by atoms with Crippen LogP contribution in [0.3, 0.4) is 0 Å². The van der Waals surface area contributed by atoms with Crippen molar-refractivity contribution in [2.45, 2.75) is 31.8 Å². The van der Waals surface area contributed by atoms with Gasteiger partial charge in [0, 0.05) is 16.7 Å². The van der Waals surface area contributed by atoms with Crippen LogP contribution in [0, 0.1) is 0 Å². The number of hydrogen-bond donors (Lipinski definition) is 2. The Morgan fingerprint density at radius 1 is 1.55 bits per heavy atom. The number of rotatable bonds is 3. The first kappa shape index (κ1) is 13.1. The molecule has 2 aliphatic rings. The number of aliphatic hydroxyl groups excluding tert-OH is 1. The van der Waals surface area contributed by atoms with Gasteiger partial charge in [0.05, 0.1) is 18.2 Å². The number of amides is 1. The predicted molar refractivity (Wildman–Crippen MR) is 80.0 cm³/mol. The fourth-order valence-corrected chi connectivity index (χ4v) is 3.14. The van der Waals surface area contributed by atoms with Gasteiger partial charge >= 0.3 is 0 Å². The number of allylic oxidation sites excluding steroid dienone is 1. The van der Waals surface area contributed by atoms with Crippen LogP contribution in [0.1, 0.15) is 24.1 Å². The van der Waals surface area contributed by atoms with Crippen LogP contribution < -0.4 is 5.32 Å². The van der Waals surface area contributed by atoms with E-state index in [9.17, 15) is 9.90 Å². The van der Waals surface area contributed by atoms with Crippen molar-refractivity contribution in [1.29, 1.82) is 0 Å². The van der Waals surface area contributed by atoms with Crippen LogP contribution in [0.15, 0.2) is 45.5 Å². The van der Waals surface area contributed by atoms with Gasteiger partial charge in [-0.15, -0.1) is 11.3 Å². The number of nitrogens with one attached hydrogen (secondary N) is 1. The molecule has 0 aromatic carbocycles. The molecule has 0 spiro atoms. The predicted octanol–water partition coefficient (Wildman–Crippen LogP) is 2.74. The lowest BCUT2D eigenvalue weighted by Crippen LogP contribution is -2.30. The highest BCUT2D eigenvalue weighted by Crippen LogP contribution is 2.30. The van der Waals surface area contributed by atoms with Gasteiger partial charge in [-0.25, -0.2) is 0 Å². The number of nitrogens with zero attached hydrogens (tertiary/aromatic N) is 1. The quantitative estimate of drug-likeness (QED) is 0.898. The lowest BCUT2D eigenvalue weighted by molar-refractivity contribution is -0.117. The second kappa shape index (κ2) is 5.63. The van der Waals surface area contributed by atoms with Gasteiger partial charge in [0.2, 0.25) is 0 Å². The van der Waals surface area contributed by atoms with Crippen molar-refractivity contribution in [3.63, 3.8) is 0 Å². The monoisotopic (exact) mass is 288 g/mol. The smallest absolute Gasteiger partial charge is 0.256 e. The van der Waals surface area contributed by atoms with Gasteiger partial charge in [0.15, 0.2) is 0 Å². The molecule has 1 aliphatic carbocycles. The molecule has 1 aliphatic heterocycles. The number of dihydropyridines is 1. The molecule has 0 saturated carbocycles. The second-order valence-corrected chi connectivity index (χ2v) is 5.94. The molecule has 20 heavy (non-hydrogen) atoms. The molecule has 3 rings (SSSR count). The third-order valence-corrected chi connectivity index (χ3v) is 4.44. The molecule has 0 saturated heterocycles. The maximum atomic E-state index is 12.1. The van der Waals surface area contributed by atoms with Crippen molar-refractivity contribution < 1.29 is 9.90 Å². The number of fused-ring (bicyclic) bond motifs is 1. The van der Waals surface area contributed by atoms with Gasteiger partial charge in [-0.2, -0.15) is 0 Å². The molecule has 104 valence electrons. The summed E-state index contributed by atoms with van der Waals surface area (Å²) in [4.78, 5) is 17.6. The van der Waals surface area contributed by atoms with E-state index in [2.05, 4.69) is 10.3 Å². The van der Waals surface area contributed by atoms with E-state index in [4.69, 9.17) is 0 Å². The van der Waals surface area contributed by atoms with Gasteiger partial charge in [-0.05, 0) is 30.7 Å². The molecule has 1 aromatic heterocycles. The lowest BCUT2D eigenvalue weighted by Gasteiger charge is -2.24. The first-order valence-electron chi connectivity index (χ1n) is 6.73. The van der Waals surface area contributed by atoms with E-state index in [-0.39, 0.29) is 23.3 Å². The summed E-state index contributed by atoms with van der Waals surface area (Å²) in [6.07, 6.45) is 6.46. The maximum Gasteiger partial charge on any atom is 0.256 e. The van der Waals surface area contributed by atoms with Gasteiger partial charge in [-0.1, -0.05) is 12.1 Å². The van der Waals surface area contributed by atoms with Crippen LogP contribution in [-0.2, 0) is 11.3 Å². The summed E-state index contributed by atoms with van der Waals surface area (Å²) in [6.45, 7) is 0.476. The fourth-order valence-electron chi connectivity index (χ4n) is 2.49. The summed E-state index contributed by atoms with van der Waals surface area (Å²) in [5, 5.41) is 15.0. The highest BCUT2D eigenvalue weighted by molar-refractivity contribution is 7.09. The Balaban J connectivity index is 1.74. The van der Waals surface area contributed by atoms with E-state index < -0.39 is 0 Å². The van der Waals surface area contributed by atoms with Gasteiger partial charge in [-0.3, -0.25) is 9.79 Å². The average Bonchev–Trinajstić information content (AvgIpc) is 2.99. The van der Waals surface area contributed by atoms with E-state index in [1.807, 2.05) is 23.6 Å². The number of carbonyl (C=O) groups excluding carboxylic acids is 1. The molecule has 0 bridgehead atoms. The van der Waals surface area contributed by atoms with E-state index in [0.29, 0.717) is 6.54 Å². The van der Waals surface area contributed by atoms with Gasteiger partial charge in [0.25, 0.3) is 5.91 Å². The minimum absolute atomic E-state index is 0.0256. The topological polar surface area (TPSA) is 61.7 Å². The number of carbonyl (C=O) groups is 1. The zero-order chi connectivity index (χ0) is 13.9. The first-order chi connectivity index (χ1) is 9.75. The molecule has 0 fully saturated rings. The third-order valence-electron chi connectivity index (χ3n) is 3.56. The standard InChI is InChI=1S/C15H16N2O2S/c18-14-11-5-1-2-6-13(11)16-9-12(14)15(19)17-8-10-4-3-7-20-10/h3-5,7,9,13,18H,1-2,6,8H2,(H,17,19). The molecular weight excluding hydrogens is 272 g/mol. The average molecular weight is 288 g/mol. The Labute approximate surface area is 121 Å². The van der Waals surface area contributed by atoms with Crippen molar-refractivity contribution in [2.75, 3.05) is 0 Å². The third kappa shape index (κ3) is 2.54. The SMILES string of the molecule is O=C(NCc1cccs1)C1=C(O)C2=CCCCC2N=C1. The minimum Gasteiger partial charge on any atom is -0.507 e. The van der Waals surface area contributed by atoms with E-state index in [0.717, 1.165) is 29.7 Å². The van der Waals surface area contributed by atoms with Crippen molar-refractivity contribution in [2.24, 2.45) is 4.99 Å². The van der Waals surface area contributed by atoms with Crippen molar-refractivity contribution in [3.8, 4) is 0 Å². The first-order valence-corrected chi connectivity index (χ1v) is 7.61. The molecule has 2 heterocycles. The number of aliphatic hydroxyl groups is 1. The van der Waals surface area contributed by atoms with E-state index in [1.165, 1.54) is 6.21 Å². The lowest BCUT2D eigenvalue weighted by atomic mass is 9.89. The Morgan fingerprint density at radius 2 is 2.45 bits per heavy atom. The maximum absolute atomic E-state index is 12.1. The fraction of sp³-hybridized carbons (Fsp3) is 0.333. The van der Waals surface area contributed by atoms with Crippen LogP contribution in [-0.4, -0.2) is 23.3 Å². The van der Waals surface area contributed by atoms with Crippen molar-refractivity contribution in [1.82, 2.24) is 5.32 Å². The minimum atomic E-state index is -0.274. The van der Waals surface area contributed by atoms with Crippen molar-refractivity contribution in [3.05, 3.63) is 45.4 Å². The molecule has 4 nitrogen and oxygen atoms in total. The molecule has 2 N–H and O–H groups in total. The summed E-state index contributed by atoms with van der Waals surface area (Å²) < 4.78 is 0. The van der Waals surface area contributed by atoms with Gasteiger partial charge < -0.3 is 10.4 Å². The number of thiophene rings is 1.